The third-order valence-corrected chi connectivity index (χ3v) is 3.84. The number of anilines is 1. The highest BCUT2D eigenvalue weighted by molar-refractivity contribution is 7.91. The summed E-state index contributed by atoms with van der Waals surface area (Å²) in [7, 11) is -3.79. The van der Waals surface area contributed by atoms with E-state index >= 15 is 0 Å². The van der Waals surface area contributed by atoms with E-state index in [4.69, 9.17) is 0 Å². The molecule has 0 aliphatic heterocycles. The van der Waals surface area contributed by atoms with E-state index in [0.29, 0.717) is 0 Å². The molecular formula is C13H11FN2O4S. The monoisotopic (exact) mass is 310 g/mol. The molecule has 0 unspecified atom stereocenters. The summed E-state index contributed by atoms with van der Waals surface area (Å²) in [5.74, 6) is -1.00. The Kier molecular flexibility index (Phi) is 4.18. The molecular weight excluding hydrogens is 299 g/mol. The maximum atomic E-state index is 13.0. The normalized spacial score (nSPS) is 11.1. The lowest BCUT2D eigenvalue weighted by atomic mass is 10.2. The summed E-state index contributed by atoms with van der Waals surface area (Å²) in [6.45, 7) is 0. The minimum absolute atomic E-state index is 0.0976. The van der Waals surface area contributed by atoms with Crippen LogP contribution in [-0.2, 0) is 15.8 Å². The Morgan fingerprint density at radius 3 is 2.52 bits per heavy atom. The predicted octanol–water partition coefficient (Wildman–Crippen LogP) is 2.68. The van der Waals surface area contributed by atoms with Crippen LogP contribution >= 0.6 is 0 Å². The number of nitro groups is 1. The van der Waals surface area contributed by atoms with Gasteiger partial charge in [0.05, 0.1) is 16.4 Å². The van der Waals surface area contributed by atoms with Crippen molar-refractivity contribution in [3.05, 3.63) is 70.0 Å². The number of hydrogen-bond acceptors (Lipinski definition) is 4. The molecule has 0 atom stereocenters. The van der Waals surface area contributed by atoms with Crippen LogP contribution in [-0.4, -0.2) is 13.3 Å². The smallest absolute Gasteiger partial charge is 0.269 e. The average molecular weight is 310 g/mol. The number of nitro benzene ring substituents is 1. The maximum Gasteiger partial charge on any atom is 0.269 e. The van der Waals surface area contributed by atoms with Crippen LogP contribution < -0.4 is 4.72 Å². The van der Waals surface area contributed by atoms with E-state index in [1.54, 1.807) is 0 Å². The maximum absolute atomic E-state index is 13.0. The van der Waals surface area contributed by atoms with Crippen molar-refractivity contribution >= 4 is 21.4 Å². The second kappa shape index (κ2) is 5.88. The van der Waals surface area contributed by atoms with Gasteiger partial charge in [0, 0.05) is 12.1 Å². The van der Waals surface area contributed by atoms with Crippen LogP contribution in [0.1, 0.15) is 5.56 Å². The molecule has 2 rings (SSSR count). The summed E-state index contributed by atoms with van der Waals surface area (Å²) >= 11 is 0. The predicted molar refractivity (Wildman–Crippen MR) is 75.7 cm³/mol. The van der Waals surface area contributed by atoms with E-state index in [9.17, 15) is 22.9 Å². The first-order chi connectivity index (χ1) is 9.85. The largest absolute Gasteiger partial charge is 0.283 e. The molecule has 0 radical (unpaired) electrons. The summed E-state index contributed by atoms with van der Waals surface area (Å²) in [6, 6.07) is 10.4. The van der Waals surface area contributed by atoms with Gasteiger partial charge in [0.1, 0.15) is 5.82 Å². The van der Waals surface area contributed by atoms with Gasteiger partial charge in [-0.1, -0.05) is 18.2 Å². The number of hydrogen-bond donors (Lipinski definition) is 1. The van der Waals surface area contributed by atoms with E-state index in [2.05, 4.69) is 4.72 Å². The van der Waals surface area contributed by atoms with Crippen molar-refractivity contribution in [2.45, 2.75) is 5.75 Å². The molecule has 21 heavy (non-hydrogen) atoms. The quantitative estimate of drug-likeness (QED) is 0.679. The number of rotatable bonds is 5. The molecule has 0 spiro atoms. The highest BCUT2D eigenvalue weighted by atomic mass is 32.2. The molecule has 0 amide bonds. The minimum Gasteiger partial charge on any atom is -0.283 e. The first-order valence-corrected chi connectivity index (χ1v) is 7.50. The van der Waals surface area contributed by atoms with Crippen molar-refractivity contribution in [1.29, 1.82) is 0 Å². The van der Waals surface area contributed by atoms with Gasteiger partial charge in [-0.3, -0.25) is 14.8 Å². The van der Waals surface area contributed by atoms with Crippen molar-refractivity contribution in [2.75, 3.05) is 4.72 Å². The van der Waals surface area contributed by atoms with Crippen LogP contribution in [0.2, 0.25) is 0 Å². The molecule has 0 aliphatic carbocycles. The van der Waals surface area contributed by atoms with E-state index in [-0.39, 0.29) is 16.9 Å². The van der Waals surface area contributed by atoms with E-state index < -0.39 is 26.5 Å². The molecule has 0 bridgehead atoms. The average Bonchev–Trinajstić information content (AvgIpc) is 2.37. The lowest BCUT2D eigenvalue weighted by Crippen LogP contribution is -2.15. The van der Waals surface area contributed by atoms with Gasteiger partial charge >= 0.3 is 0 Å². The van der Waals surface area contributed by atoms with Gasteiger partial charge < -0.3 is 0 Å². The van der Waals surface area contributed by atoms with Crippen molar-refractivity contribution in [2.24, 2.45) is 0 Å². The van der Waals surface area contributed by atoms with Crippen LogP contribution in [0.5, 0.6) is 0 Å². The standard InChI is InChI=1S/C13H11FN2O4S/c14-11-4-2-5-12(8-11)15-21(19,20)9-10-3-1-6-13(7-10)16(17)18/h1-8,15H,9H2. The van der Waals surface area contributed by atoms with Gasteiger partial charge in [0.15, 0.2) is 0 Å². The van der Waals surface area contributed by atoms with Gasteiger partial charge in [-0.25, -0.2) is 12.8 Å². The number of sulfonamides is 1. The SMILES string of the molecule is O=[N+]([O-])c1cccc(CS(=O)(=O)Nc2cccc(F)c2)c1. The van der Waals surface area contributed by atoms with Crippen molar-refractivity contribution in [3.63, 3.8) is 0 Å². The highest BCUT2D eigenvalue weighted by Gasteiger charge is 2.14. The minimum atomic E-state index is -3.79. The molecule has 0 heterocycles. The molecule has 6 nitrogen and oxygen atoms in total. The second-order valence-electron chi connectivity index (χ2n) is 4.30. The molecule has 0 aromatic heterocycles. The zero-order valence-corrected chi connectivity index (χ0v) is 11.5. The third kappa shape index (κ3) is 4.25. The first kappa shape index (κ1) is 14.9. The van der Waals surface area contributed by atoms with Gasteiger partial charge in [-0.15, -0.1) is 0 Å². The molecule has 2 aromatic carbocycles. The number of halogens is 1. The molecule has 0 saturated heterocycles. The summed E-state index contributed by atoms with van der Waals surface area (Å²) in [6.07, 6.45) is 0. The highest BCUT2D eigenvalue weighted by Crippen LogP contribution is 2.17. The van der Waals surface area contributed by atoms with Gasteiger partial charge in [0.25, 0.3) is 5.69 Å². The summed E-state index contributed by atoms with van der Waals surface area (Å²) < 4.78 is 39.1. The Labute approximate surface area is 120 Å². The lowest BCUT2D eigenvalue weighted by Gasteiger charge is -2.08. The van der Waals surface area contributed by atoms with E-state index in [0.717, 1.165) is 6.07 Å². The molecule has 0 fully saturated rings. The van der Waals surface area contributed by atoms with Gasteiger partial charge in [-0.05, 0) is 23.8 Å². The Balaban J connectivity index is 2.18. The third-order valence-electron chi connectivity index (χ3n) is 2.58. The number of benzene rings is 2. The van der Waals surface area contributed by atoms with Crippen LogP contribution in [0.4, 0.5) is 15.8 Å². The van der Waals surface area contributed by atoms with Crippen LogP contribution in [0.25, 0.3) is 0 Å². The first-order valence-electron chi connectivity index (χ1n) is 5.85. The Bertz CT molecular complexity index is 777. The van der Waals surface area contributed by atoms with Gasteiger partial charge in [-0.2, -0.15) is 0 Å². The van der Waals surface area contributed by atoms with Crippen molar-refractivity contribution < 1.29 is 17.7 Å². The van der Waals surface area contributed by atoms with Crippen molar-refractivity contribution in [1.82, 2.24) is 0 Å². The second-order valence-corrected chi connectivity index (χ2v) is 6.02. The molecule has 2 aromatic rings. The van der Waals surface area contributed by atoms with Crippen LogP contribution in [0.15, 0.2) is 48.5 Å². The fourth-order valence-electron chi connectivity index (χ4n) is 1.75. The summed E-state index contributed by atoms with van der Waals surface area (Å²) in [4.78, 5) is 10.0. The molecule has 1 N–H and O–H groups in total. The molecule has 0 aliphatic rings. The topological polar surface area (TPSA) is 89.3 Å². The van der Waals surface area contributed by atoms with Crippen molar-refractivity contribution in [3.8, 4) is 0 Å². The Hall–Kier alpha value is -2.48. The summed E-state index contributed by atoms with van der Waals surface area (Å²) in [5, 5.41) is 10.6. The Morgan fingerprint density at radius 2 is 1.86 bits per heavy atom. The number of nitrogens with one attached hydrogen (secondary N) is 1. The zero-order valence-electron chi connectivity index (χ0n) is 10.7. The Morgan fingerprint density at radius 1 is 1.14 bits per heavy atom. The zero-order chi connectivity index (χ0) is 15.5. The van der Waals surface area contributed by atoms with Gasteiger partial charge in [0.2, 0.25) is 10.0 Å². The fourth-order valence-corrected chi connectivity index (χ4v) is 2.92. The fraction of sp³-hybridized carbons (Fsp3) is 0.0769. The van der Waals surface area contributed by atoms with Crippen LogP contribution in [0.3, 0.4) is 0 Å². The molecule has 0 saturated carbocycles. The lowest BCUT2D eigenvalue weighted by molar-refractivity contribution is -0.384. The number of non-ortho nitro benzene ring substituents is 1. The van der Waals surface area contributed by atoms with Crippen LogP contribution in [0, 0.1) is 15.9 Å². The number of nitrogens with zero attached hydrogens (tertiary/aromatic N) is 1. The molecule has 8 heteroatoms. The van der Waals surface area contributed by atoms with E-state index in [1.807, 2.05) is 0 Å². The molecule has 110 valence electrons. The van der Waals surface area contributed by atoms with E-state index in [1.165, 1.54) is 42.5 Å². The summed E-state index contributed by atoms with van der Waals surface area (Å²) in [5.41, 5.74) is 0.182.